The second-order valence-electron chi connectivity index (χ2n) is 5.04. The third-order valence-corrected chi connectivity index (χ3v) is 5.04. The van der Waals surface area contributed by atoms with Crippen LogP contribution in [0.5, 0.6) is 0 Å². The van der Waals surface area contributed by atoms with E-state index in [4.69, 9.17) is 0 Å². The zero-order chi connectivity index (χ0) is 12.6. The minimum atomic E-state index is 0.238. The highest BCUT2D eigenvalue weighted by Crippen LogP contribution is 2.44. The molecule has 1 aromatic carbocycles. The Balaban J connectivity index is 2.49. The maximum absolute atomic E-state index is 9.44. The Kier molecular flexibility index (Phi) is 3.69. The summed E-state index contributed by atoms with van der Waals surface area (Å²) in [6.07, 6.45) is 0. The monoisotopic (exact) mass is 251 g/mol. The van der Waals surface area contributed by atoms with Crippen LogP contribution in [-0.2, 0) is 0 Å². The number of anilines is 1. The first-order valence-electron chi connectivity index (χ1n) is 6.19. The Labute approximate surface area is 108 Å². The standard InChI is InChI=1S/C14H21NOS/c1-9(2)11-6-5-7-12-14(11)15(4)10(3)13(8-16)17-12/h5-7,9-10,13,16H,8H2,1-4H3. The van der Waals surface area contributed by atoms with Crippen LogP contribution in [0.25, 0.3) is 0 Å². The van der Waals surface area contributed by atoms with E-state index >= 15 is 0 Å². The number of hydrogen-bond donors (Lipinski definition) is 1. The summed E-state index contributed by atoms with van der Waals surface area (Å²) in [7, 11) is 2.14. The van der Waals surface area contributed by atoms with Crippen LogP contribution in [0.3, 0.4) is 0 Å². The van der Waals surface area contributed by atoms with Crippen molar-refractivity contribution in [2.24, 2.45) is 0 Å². The van der Waals surface area contributed by atoms with Gasteiger partial charge in [-0.25, -0.2) is 0 Å². The Morgan fingerprint density at radius 1 is 1.41 bits per heavy atom. The van der Waals surface area contributed by atoms with Crippen LogP contribution in [-0.4, -0.2) is 30.1 Å². The van der Waals surface area contributed by atoms with Gasteiger partial charge in [0.05, 0.1) is 17.5 Å². The van der Waals surface area contributed by atoms with Gasteiger partial charge in [-0.2, -0.15) is 0 Å². The van der Waals surface area contributed by atoms with E-state index in [0.29, 0.717) is 12.0 Å². The fourth-order valence-corrected chi connectivity index (χ4v) is 3.69. The molecule has 0 spiro atoms. The lowest BCUT2D eigenvalue weighted by atomic mass is 9.99. The molecule has 17 heavy (non-hydrogen) atoms. The van der Waals surface area contributed by atoms with Gasteiger partial charge in [0.2, 0.25) is 0 Å². The molecular formula is C14H21NOS. The highest BCUT2D eigenvalue weighted by atomic mass is 32.2. The molecule has 0 aromatic heterocycles. The number of aliphatic hydroxyl groups is 1. The molecule has 2 atom stereocenters. The van der Waals surface area contributed by atoms with E-state index in [1.54, 1.807) is 0 Å². The summed E-state index contributed by atoms with van der Waals surface area (Å²) in [6.45, 7) is 6.89. The average Bonchev–Trinajstić information content (AvgIpc) is 2.32. The molecule has 1 heterocycles. The molecule has 0 aliphatic carbocycles. The van der Waals surface area contributed by atoms with Gasteiger partial charge in [0.25, 0.3) is 0 Å². The zero-order valence-electron chi connectivity index (χ0n) is 11.0. The normalized spacial score (nSPS) is 24.0. The van der Waals surface area contributed by atoms with Gasteiger partial charge < -0.3 is 10.0 Å². The summed E-state index contributed by atoms with van der Waals surface area (Å²) in [5.41, 5.74) is 2.76. The van der Waals surface area contributed by atoms with Crippen molar-refractivity contribution in [3.8, 4) is 0 Å². The van der Waals surface area contributed by atoms with Crippen molar-refractivity contribution in [3.05, 3.63) is 23.8 Å². The SMILES string of the molecule is CC(C)c1cccc2c1N(C)C(C)C(CO)S2. The number of hydrogen-bond acceptors (Lipinski definition) is 3. The van der Waals surface area contributed by atoms with Gasteiger partial charge in [-0.15, -0.1) is 11.8 Å². The van der Waals surface area contributed by atoms with Crippen LogP contribution >= 0.6 is 11.8 Å². The van der Waals surface area contributed by atoms with Crippen LogP contribution in [0, 0.1) is 0 Å². The van der Waals surface area contributed by atoms with Crippen LogP contribution in [0.4, 0.5) is 5.69 Å². The topological polar surface area (TPSA) is 23.5 Å². The lowest BCUT2D eigenvalue weighted by Gasteiger charge is -2.40. The van der Waals surface area contributed by atoms with E-state index in [1.807, 2.05) is 11.8 Å². The number of para-hydroxylation sites is 1. The quantitative estimate of drug-likeness (QED) is 0.873. The van der Waals surface area contributed by atoms with Gasteiger partial charge in [-0.1, -0.05) is 26.0 Å². The molecule has 1 aliphatic rings. The number of fused-ring (bicyclic) bond motifs is 1. The summed E-state index contributed by atoms with van der Waals surface area (Å²) < 4.78 is 0. The molecule has 2 unspecified atom stereocenters. The van der Waals surface area contributed by atoms with Crippen molar-refractivity contribution >= 4 is 17.4 Å². The molecule has 2 rings (SSSR count). The highest BCUT2D eigenvalue weighted by Gasteiger charge is 2.31. The van der Waals surface area contributed by atoms with Gasteiger partial charge in [0, 0.05) is 18.0 Å². The summed E-state index contributed by atoms with van der Waals surface area (Å²) in [5.74, 6) is 0.533. The number of nitrogens with zero attached hydrogens (tertiary/aromatic N) is 1. The summed E-state index contributed by atoms with van der Waals surface area (Å²) in [5, 5.41) is 9.71. The minimum absolute atomic E-state index is 0.238. The lowest BCUT2D eigenvalue weighted by molar-refractivity contribution is 0.282. The summed E-state index contributed by atoms with van der Waals surface area (Å²) >= 11 is 1.81. The molecule has 0 fully saturated rings. The van der Waals surface area contributed by atoms with E-state index in [1.165, 1.54) is 16.1 Å². The molecule has 2 nitrogen and oxygen atoms in total. The highest BCUT2D eigenvalue weighted by molar-refractivity contribution is 8.00. The van der Waals surface area contributed by atoms with Gasteiger partial charge >= 0.3 is 0 Å². The molecule has 1 N–H and O–H groups in total. The van der Waals surface area contributed by atoms with Crippen LogP contribution in [0.2, 0.25) is 0 Å². The van der Waals surface area contributed by atoms with Crippen LogP contribution < -0.4 is 4.90 Å². The molecule has 3 heteroatoms. The number of rotatable bonds is 2. The first kappa shape index (κ1) is 12.8. The predicted molar refractivity (Wildman–Crippen MR) is 75.1 cm³/mol. The molecule has 0 bridgehead atoms. The molecule has 0 saturated heterocycles. The zero-order valence-corrected chi connectivity index (χ0v) is 11.8. The van der Waals surface area contributed by atoms with E-state index in [0.717, 1.165) is 0 Å². The molecule has 1 aliphatic heterocycles. The molecule has 1 aromatic rings. The van der Waals surface area contributed by atoms with E-state index in [2.05, 4.69) is 50.9 Å². The van der Waals surface area contributed by atoms with Crippen molar-refractivity contribution in [2.75, 3.05) is 18.6 Å². The number of thioether (sulfide) groups is 1. The molecular weight excluding hydrogens is 230 g/mol. The minimum Gasteiger partial charge on any atom is -0.395 e. The Hall–Kier alpha value is -0.670. The fourth-order valence-electron chi connectivity index (χ4n) is 2.38. The molecule has 0 radical (unpaired) electrons. The lowest BCUT2D eigenvalue weighted by Crippen LogP contribution is -2.42. The molecule has 94 valence electrons. The number of benzene rings is 1. The van der Waals surface area contributed by atoms with Crippen molar-refractivity contribution in [3.63, 3.8) is 0 Å². The Bertz CT molecular complexity index is 405. The van der Waals surface area contributed by atoms with Gasteiger partial charge in [0.1, 0.15) is 0 Å². The second kappa shape index (κ2) is 4.91. The Morgan fingerprint density at radius 2 is 2.12 bits per heavy atom. The first-order chi connectivity index (χ1) is 8.06. The first-order valence-corrected chi connectivity index (χ1v) is 7.07. The maximum Gasteiger partial charge on any atom is 0.0573 e. The second-order valence-corrected chi connectivity index (χ2v) is 6.32. The van der Waals surface area contributed by atoms with Crippen molar-refractivity contribution in [2.45, 2.75) is 42.9 Å². The van der Waals surface area contributed by atoms with Gasteiger partial charge in [-0.3, -0.25) is 0 Å². The Morgan fingerprint density at radius 3 is 2.71 bits per heavy atom. The van der Waals surface area contributed by atoms with Crippen molar-refractivity contribution < 1.29 is 5.11 Å². The van der Waals surface area contributed by atoms with E-state index in [9.17, 15) is 5.11 Å². The van der Waals surface area contributed by atoms with Gasteiger partial charge in [0.15, 0.2) is 0 Å². The summed E-state index contributed by atoms with van der Waals surface area (Å²) in [4.78, 5) is 3.62. The smallest absolute Gasteiger partial charge is 0.0573 e. The average molecular weight is 251 g/mol. The van der Waals surface area contributed by atoms with Crippen molar-refractivity contribution in [1.82, 2.24) is 0 Å². The van der Waals surface area contributed by atoms with E-state index < -0.39 is 0 Å². The molecule has 0 amide bonds. The van der Waals surface area contributed by atoms with E-state index in [-0.39, 0.29) is 11.9 Å². The number of aliphatic hydroxyl groups excluding tert-OH is 1. The fraction of sp³-hybridized carbons (Fsp3) is 0.571. The largest absolute Gasteiger partial charge is 0.395 e. The van der Waals surface area contributed by atoms with Crippen LogP contribution in [0.15, 0.2) is 23.1 Å². The third kappa shape index (κ3) is 2.18. The predicted octanol–water partition coefficient (Wildman–Crippen LogP) is 3.10. The van der Waals surface area contributed by atoms with Crippen LogP contribution in [0.1, 0.15) is 32.3 Å². The molecule has 0 saturated carbocycles. The summed E-state index contributed by atoms with van der Waals surface area (Å²) in [6, 6.07) is 6.88. The van der Waals surface area contributed by atoms with Crippen molar-refractivity contribution in [1.29, 1.82) is 0 Å². The maximum atomic E-state index is 9.44. The van der Waals surface area contributed by atoms with Gasteiger partial charge in [-0.05, 0) is 24.5 Å². The third-order valence-electron chi connectivity index (χ3n) is 3.61.